The van der Waals surface area contributed by atoms with Crippen molar-refractivity contribution >= 4 is 38.2 Å². The molecule has 0 saturated carbocycles. The molecule has 0 unspecified atom stereocenters. The largest absolute Gasteiger partial charge is 0.497 e. The second-order valence-corrected chi connectivity index (χ2v) is 5.63. The highest BCUT2D eigenvalue weighted by molar-refractivity contribution is 9.10. The van der Waals surface area contributed by atoms with Crippen LogP contribution >= 0.6 is 15.9 Å². The summed E-state index contributed by atoms with van der Waals surface area (Å²) in [6, 6.07) is 13.6. The van der Waals surface area contributed by atoms with Gasteiger partial charge in [-0.25, -0.2) is 0 Å². The maximum absolute atomic E-state index is 5.43. The zero-order valence-electron chi connectivity index (χ0n) is 12.3. The summed E-state index contributed by atoms with van der Waals surface area (Å²) in [4.78, 5) is 4.38. The van der Waals surface area contributed by atoms with Crippen molar-refractivity contribution in [1.29, 1.82) is 0 Å². The topological polar surface area (TPSA) is 43.4 Å². The van der Waals surface area contributed by atoms with Gasteiger partial charge in [0.15, 0.2) is 0 Å². The van der Waals surface area contributed by atoms with E-state index in [-0.39, 0.29) is 0 Å². The van der Waals surface area contributed by atoms with E-state index >= 15 is 0 Å². The number of halogens is 1. The third kappa shape index (κ3) is 2.85. The average Bonchev–Trinajstić information content (AvgIpc) is 2.55. The number of pyridine rings is 1. The molecule has 0 bridgehead atoms. The van der Waals surface area contributed by atoms with Gasteiger partial charge in [-0.1, -0.05) is 15.9 Å². The molecule has 3 rings (SSSR count). The maximum Gasteiger partial charge on any atom is 0.145 e. The molecule has 0 fully saturated rings. The number of ether oxygens (including phenoxy) is 2. The molecule has 1 heterocycles. The van der Waals surface area contributed by atoms with Gasteiger partial charge in [0.1, 0.15) is 11.5 Å². The summed E-state index contributed by atoms with van der Waals surface area (Å²) in [6.07, 6.45) is 1.79. The number of aromatic nitrogens is 1. The summed E-state index contributed by atoms with van der Waals surface area (Å²) in [6.45, 7) is 0. The Bertz CT molecular complexity index is 821. The van der Waals surface area contributed by atoms with Gasteiger partial charge in [-0.05, 0) is 36.4 Å². The Morgan fingerprint density at radius 3 is 2.59 bits per heavy atom. The highest BCUT2D eigenvalue weighted by Crippen LogP contribution is 2.34. The SMILES string of the molecule is COc1ccc(Nc2ccnc3ccc(Br)cc23)c(OC)c1. The molecule has 0 atom stereocenters. The number of methoxy groups -OCH3 is 2. The number of nitrogens with one attached hydrogen (secondary N) is 1. The monoisotopic (exact) mass is 358 g/mol. The normalized spacial score (nSPS) is 10.5. The summed E-state index contributed by atoms with van der Waals surface area (Å²) in [5, 5.41) is 4.44. The molecule has 1 aromatic heterocycles. The molecule has 0 spiro atoms. The number of hydrogen-bond acceptors (Lipinski definition) is 4. The lowest BCUT2D eigenvalue weighted by Crippen LogP contribution is -1.96. The number of nitrogens with zero attached hydrogens (tertiary/aromatic N) is 1. The lowest BCUT2D eigenvalue weighted by molar-refractivity contribution is 0.395. The Balaban J connectivity index is 2.05. The summed E-state index contributed by atoms with van der Waals surface area (Å²) in [5.41, 5.74) is 2.77. The third-order valence-electron chi connectivity index (χ3n) is 3.38. The number of anilines is 2. The van der Waals surface area contributed by atoms with Crippen LogP contribution in [0.3, 0.4) is 0 Å². The van der Waals surface area contributed by atoms with E-state index in [0.29, 0.717) is 0 Å². The van der Waals surface area contributed by atoms with Crippen molar-refractivity contribution < 1.29 is 9.47 Å². The van der Waals surface area contributed by atoms with Gasteiger partial charge in [0.2, 0.25) is 0 Å². The predicted octanol–water partition coefficient (Wildman–Crippen LogP) is 4.76. The first kappa shape index (κ1) is 14.7. The molecule has 0 aliphatic heterocycles. The van der Waals surface area contributed by atoms with Crippen molar-refractivity contribution in [2.75, 3.05) is 19.5 Å². The highest BCUT2D eigenvalue weighted by Gasteiger charge is 2.08. The van der Waals surface area contributed by atoms with Crippen molar-refractivity contribution in [2.24, 2.45) is 0 Å². The molecule has 112 valence electrons. The Labute approximate surface area is 137 Å². The summed E-state index contributed by atoms with van der Waals surface area (Å²) < 4.78 is 11.7. The van der Waals surface area contributed by atoms with Gasteiger partial charge in [0.05, 0.1) is 25.4 Å². The Morgan fingerprint density at radius 2 is 1.82 bits per heavy atom. The molecular formula is C17H15BrN2O2. The molecule has 5 heteroatoms. The lowest BCUT2D eigenvalue weighted by Gasteiger charge is -2.14. The van der Waals surface area contributed by atoms with Gasteiger partial charge in [-0.2, -0.15) is 0 Å². The predicted molar refractivity (Wildman–Crippen MR) is 92.3 cm³/mol. The minimum Gasteiger partial charge on any atom is -0.497 e. The van der Waals surface area contributed by atoms with Crippen molar-refractivity contribution in [1.82, 2.24) is 4.98 Å². The van der Waals surface area contributed by atoms with E-state index < -0.39 is 0 Å². The Kier molecular flexibility index (Phi) is 4.15. The minimum atomic E-state index is 0.722. The van der Waals surface area contributed by atoms with Crippen molar-refractivity contribution in [3.63, 3.8) is 0 Å². The quantitative estimate of drug-likeness (QED) is 0.730. The van der Waals surface area contributed by atoms with E-state index in [1.165, 1.54) is 0 Å². The summed E-state index contributed by atoms with van der Waals surface area (Å²) >= 11 is 3.50. The van der Waals surface area contributed by atoms with Gasteiger partial charge in [0, 0.05) is 27.8 Å². The lowest BCUT2D eigenvalue weighted by atomic mass is 10.1. The van der Waals surface area contributed by atoms with Crippen LogP contribution in [0.5, 0.6) is 11.5 Å². The Morgan fingerprint density at radius 1 is 0.955 bits per heavy atom. The van der Waals surface area contributed by atoms with Gasteiger partial charge in [-0.3, -0.25) is 4.98 Å². The number of benzene rings is 2. The molecule has 4 nitrogen and oxygen atoms in total. The first-order valence-electron chi connectivity index (χ1n) is 6.74. The van der Waals surface area contributed by atoms with Crippen molar-refractivity contribution in [3.05, 3.63) is 53.1 Å². The second-order valence-electron chi connectivity index (χ2n) is 4.71. The number of hydrogen-bond donors (Lipinski definition) is 1. The Hall–Kier alpha value is -2.27. The van der Waals surface area contributed by atoms with Crippen LogP contribution in [-0.2, 0) is 0 Å². The summed E-state index contributed by atoms with van der Waals surface area (Å²) in [7, 11) is 3.27. The van der Waals surface area contributed by atoms with Crippen LogP contribution in [0, 0.1) is 0 Å². The first-order chi connectivity index (χ1) is 10.7. The van der Waals surface area contributed by atoms with Crippen LogP contribution in [0.25, 0.3) is 10.9 Å². The molecule has 0 amide bonds. The molecule has 22 heavy (non-hydrogen) atoms. The van der Waals surface area contributed by atoms with Crippen LogP contribution in [0.1, 0.15) is 0 Å². The van der Waals surface area contributed by atoms with Gasteiger partial charge in [-0.15, -0.1) is 0 Å². The smallest absolute Gasteiger partial charge is 0.145 e. The van der Waals surface area contributed by atoms with Crippen LogP contribution in [0.2, 0.25) is 0 Å². The van der Waals surface area contributed by atoms with E-state index in [2.05, 4.69) is 26.2 Å². The van der Waals surface area contributed by atoms with E-state index in [1.54, 1.807) is 20.4 Å². The minimum absolute atomic E-state index is 0.722. The van der Waals surface area contributed by atoms with Crippen LogP contribution in [0.4, 0.5) is 11.4 Å². The fourth-order valence-electron chi connectivity index (χ4n) is 2.27. The first-order valence-corrected chi connectivity index (χ1v) is 7.54. The second kappa shape index (κ2) is 6.23. The molecule has 1 N–H and O–H groups in total. The van der Waals surface area contributed by atoms with Gasteiger partial charge < -0.3 is 14.8 Å². The van der Waals surface area contributed by atoms with Crippen molar-refractivity contribution in [2.45, 2.75) is 0 Å². The highest BCUT2D eigenvalue weighted by atomic mass is 79.9. The molecule has 0 saturated heterocycles. The third-order valence-corrected chi connectivity index (χ3v) is 3.87. The van der Waals surface area contributed by atoms with Gasteiger partial charge >= 0.3 is 0 Å². The molecule has 0 aliphatic carbocycles. The molecule has 2 aromatic carbocycles. The molecule has 3 aromatic rings. The fourth-order valence-corrected chi connectivity index (χ4v) is 2.64. The summed E-state index contributed by atoms with van der Waals surface area (Å²) in [5.74, 6) is 1.48. The molecule has 0 radical (unpaired) electrons. The van der Waals surface area contributed by atoms with E-state index in [1.807, 2.05) is 42.5 Å². The van der Waals surface area contributed by atoms with Crippen LogP contribution in [-0.4, -0.2) is 19.2 Å². The molecular weight excluding hydrogens is 344 g/mol. The molecule has 0 aliphatic rings. The maximum atomic E-state index is 5.43. The van der Waals surface area contributed by atoms with Crippen molar-refractivity contribution in [3.8, 4) is 11.5 Å². The average molecular weight is 359 g/mol. The van der Waals surface area contributed by atoms with E-state index in [4.69, 9.17) is 9.47 Å². The van der Waals surface area contributed by atoms with E-state index in [9.17, 15) is 0 Å². The fraction of sp³-hybridized carbons (Fsp3) is 0.118. The number of rotatable bonds is 4. The van der Waals surface area contributed by atoms with Crippen LogP contribution < -0.4 is 14.8 Å². The number of fused-ring (bicyclic) bond motifs is 1. The van der Waals surface area contributed by atoms with Gasteiger partial charge in [0.25, 0.3) is 0 Å². The zero-order valence-corrected chi connectivity index (χ0v) is 13.8. The zero-order chi connectivity index (χ0) is 15.5. The van der Waals surface area contributed by atoms with E-state index in [0.717, 1.165) is 38.2 Å². The van der Waals surface area contributed by atoms with Crippen LogP contribution in [0.15, 0.2) is 53.1 Å². The standard InChI is InChI=1S/C17H15BrN2O2/c1-21-12-4-6-16(17(10-12)22-2)20-15-7-8-19-14-5-3-11(18)9-13(14)15/h3-10H,1-2H3,(H,19,20).